The molecule has 0 aliphatic rings. The van der Waals surface area contributed by atoms with Crippen molar-refractivity contribution < 1.29 is 4.39 Å². The second-order valence-electron chi connectivity index (χ2n) is 4.57. The van der Waals surface area contributed by atoms with Crippen LogP contribution in [0.15, 0.2) is 12.1 Å². The van der Waals surface area contributed by atoms with Gasteiger partial charge in [-0.05, 0) is 51.0 Å². The van der Waals surface area contributed by atoms with E-state index in [9.17, 15) is 4.39 Å². The second kappa shape index (κ2) is 4.49. The van der Waals surface area contributed by atoms with E-state index in [-0.39, 0.29) is 11.9 Å². The van der Waals surface area contributed by atoms with Crippen molar-refractivity contribution >= 4 is 0 Å². The van der Waals surface area contributed by atoms with Crippen molar-refractivity contribution in [1.82, 2.24) is 14.8 Å². The average molecular weight is 248 g/mol. The number of rotatable bonds is 2. The minimum atomic E-state index is -0.265. The minimum absolute atomic E-state index is 0.249. The summed E-state index contributed by atoms with van der Waals surface area (Å²) < 4.78 is 15.3. The van der Waals surface area contributed by atoms with Gasteiger partial charge in [-0.15, -0.1) is 0 Å². The Balaban J connectivity index is 2.69. The molecule has 0 saturated heterocycles. The first-order valence-corrected chi connectivity index (χ1v) is 5.86. The lowest BCUT2D eigenvalue weighted by atomic mass is 10.0. The Hall–Kier alpha value is -1.75. The summed E-state index contributed by atoms with van der Waals surface area (Å²) in [7, 11) is 0. The van der Waals surface area contributed by atoms with E-state index in [0.717, 1.165) is 17.1 Å². The number of nitrogens with zero attached hydrogens (tertiary/aromatic N) is 3. The summed E-state index contributed by atoms with van der Waals surface area (Å²) in [5, 5.41) is 4.32. The van der Waals surface area contributed by atoms with Gasteiger partial charge >= 0.3 is 0 Å². The molecule has 1 aromatic carbocycles. The fraction of sp³-hybridized carbons (Fsp3) is 0.385. The maximum Gasteiger partial charge on any atom is 0.148 e. The molecule has 1 atom stereocenters. The summed E-state index contributed by atoms with van der Waals surface area (Å²) in [4.78, 5) is 4.26. The molecule has 0 aliphatic heterocycles. The van der Waals surface area contributed by atoms with Gasteiger partial charge in [-0.2, -0.15) is 5.10 Å². The summed E-state index contributed by atoms with van der Waals surface area (Å²) in [5.74, 6) is 1.20. The number of hydrogen-bond donors (Lipinski definition) is 1. The van der Waals surface area contributed by atoms with Crippen LogP contribution in [0.2, 0.25) is 0 Å². The molecule has 1 aromatic heterocycles. The summed E-state index contributed by atoms with van der Waals surface area (Å²) >= 11 is 0. The van der Waals surface area contributed by atoms with Crippen molar-refractivity contribution in [3.05, 3.63) is 40.7 Å². The van der Waals surface area contributed by atoms with Crippen molar-refractivity contribution in [3.8, 4) is 5.69 Å². The molecule has 0 bridgehead atoms. The van der Waals surface area contributed by atoms with Crippen LogP contribution >= 0.6 is 0 Å². The Bertz CT molecular complexity index is 587. The molecule has 2 rings (SSSR count). The zero-order valence-corrected chi connectivity index (χ0v) is 11.0. The highest BCUT2D eigenvalue weighted by molar-refractivity contribution is 5.46. The molecule has 5 heteroatoms. The van der Waals surface area contributed by atoms with Crippen LogP contribution in [0.25, 0.3) is 5.69 Å². The topological polar surface area (TPSA) is 56.7 Å². The minimum Gasteiger partial charge on any atom is -0.324 e. The van der Waals surface area contributed by atoms with Gasteiger partial charge in [0.05, 0.1) is 5.69 Å². The maximum absolute atomic E-state index is 13.6. The molecule has 1 heterocycles. The molecule has 0 unspecified atom stereocenters. The van der Waals surface area contributed by atoms with Crippen LogP contribution in [0.3, 0.4) is 0 Å². The van der Waals surface area contributed by atoms with Crippen molar-refractivity contribution in [2.24, 2.45) is 5.73 Å². The fourth-order valence-corrected chi connectivity index (χ4v) is 1.98. The molecule has 0 spiro atoms. The van der Waals surface area contributed by atoms with E-state index in [4.69, 9.17) is 5.73 Å². The quantitative estimate of drug-likeness (QED) is 0.887. The van der Waals surface area contributed by atoms with Gasteiger partial charge in [0.25, 0.3) is 0 Å². The van der Waals surface area contributed by atoms with E-state index in [0.29, 0.717) is 11.4 Å². The van der Waals surface area contributed by atoms with E-state index in [1.165, 1.54) is 6.07 Å². The molecule has 0 aliphatic carbocycles. The van der Waals surface area contributed by atoms with Crippen LogP contribution < -0.4 is 5.73 Å². The zero-order valence-electron chi connectivity index (χ0n) is 11.0. The van der Waals surface area contributed by atoms with Gasteiger partial charge in [-0.3, -0.25) is 0 Å². The first-order valence-electron chi connectivity index (χ1n) is 5.86. The molecule has 2 aromatic rings. The lowest BCUT2D eigenvalue weighted by Crippen LogP contribution is -2.12. The summed E-state index contributed by atoms with van der Waals surface area (Å²) in [5.41, 5.74) is 7.99. The number of hydrogen-bond acceptors (Lipinski definition) is 3. The van der Waals surface area contributed by atoms with Crippen molar-refractivity contribution in [1.29, 1.82) is 0 Å². The Morgan fingerprint density at radius 3 is 2.44 bits per heavy atom. The third kappa shape index (κ3) is 2.13. The molecule has 2 N–H and O–H groups in total. The highest BCUT2D eigenvalue weighted by Crippen LogP contribution is 2.24. The van der Waals surface area contributed by atoms with Crippen LogP contribution in [0.1, 0.15) is 35.7 Å². The lowest BCUT2D eigenvalue weighted by molar-refractivity contribution is 0.610. The fourth-order valence-electron chi connectivity index (χ4n) is 1.98. The van der Waals surface area contributed by atoms with Crippen LogP contribution in [-0.4, -0.2) is 14.8 Å². The standard InChI is InChI=1S/C13H17FN4/c1-7-5-13(11(8(2)15)6-12(7)14)18-10(4)16-9(3)17-18/h5-6,8H,15H2,1-4H3/t8-/m0/s1. The lowest BCUT2D eigenvalue weighted by Gasteiger charge is -2.15. The molecule has 0 saturated carbocycles. The number of halogens is 1. The number of nitrogens with two attached hydrogens (primary N) is 1. The molecule has 96 valence electrons. The van der Waals surface area contributed by atoms with Gasteiger partial charge in [-0.1, -0.05) is 0 Å². The Labute approximate surface area is 106 Å². The first-order chi connectivity index (χ1) is 8.40. The normalized spacial score (nSPS) is 12.8. The third-order valence-electron chi connectivity index (χ3n) is 2.90. The summed E-state index contributed by atoms with van der Waals surface area (Å²) in [6, 6.07) is 2.97. The highest BCUT2D eigenvalue weighted by Gasteiger charge is 2.15. The maximum atomic E-state index is 13.6. The predicted molar refractivity (Wildman–Crippen MR) is 68.1 cm³/mol. The molecule has 0 fully saturated rings. The Morgan fingerprint density at radius 1 is 1.28 bits per heavy atom. The van der Waals surface area contributed by atoms with Crippen LogP contribution in [0, 0.1) is 26.6 Å². The van der Waals surface area contributed by atoms with Crippen LogP contribution in [0.4, 0.5) is 4.39 Å². The number of aromatic nitrogens is 3. The van der Waals surface area contributed by atoms with Crippen molar-refractivity contribution in [2.75, 3.05) is 0 Å². The van der Waals surface area contributed by atoms with Crippen LogP contribution in [0.5, 0.6) is 0 Å². The Morgan fingerprint density at radius 2 is 1.94 bits per heavy atom. The Kier molecular flexibility index (Phi) is 3.17. The van der Waals surface area contributed by atoms with Crippen LogP contribution in [-0.2, 0) is 0 Å². The number of aryl methyl sites for hydroxylation is 3. The van der Waals surface area contributed by atoms with Gasteiger partial charge in [0.15, 0.2) is 0 Å². The van der Waals surface area contributed by atoms with E-state index in [2.05, 4.69) is 10.1 Å². The third-order valence-corrected chi connectivity index (χ3v) is 2.90. The summed E-state index contributed by atoms with van der Waals surface area (Å²) in [6.45, 7) is 7.24. The van der Waals surface area contributed by atoms with Gasteiger partial charge in [-0.25, -0.2) is 14.1 Å². The van der Waals surface area contributed by atoms with Gasteiger partial charge < -0.3 is 5.73 Å². The van der Waals surface area contributed by atoms with E-state index < -0.39 is 0 Å². The van der Waals surface area contributed by atoms with Gasteiger partial charge in [0.2, 0.25) is 0 Å². The van der Waals surface area contributed by atoms with Crippen molar-refractivity contribution in [3.63, 3.8) is 0 Å². The molecule has 0 amide bonds. The first kappa shape index (κ1) is 12.7. The average Bonchev–Trinajstić information content (AvgIpc) is 2.61. The SMILES string of the molecule is Cc1nc(C)n(-c2cc(C)c(F)cc2[C@H](C)N)n1. The number of benzene rings is 1. The smallest absolute Gasteiger partial charge is 0.148 e. The molecular weight excluding hydrogens is 231 g/mol. The van der Waals surface area contributed by atoms with E-state index in [1.807, 2.05) is 20.8 Å². The molecule has 4 nitrogen and oxygen atoms in total. The molecule has 18 heavy (non-hydrogen) atoms. The monoisotopic (exact) mass is 248 g/mol. The predicted octanol–water partition coefficient (Wildman–Crippen LogP) is 2.35. The second-order valence-corrected chi connectivity index (χ2v) is 4.57. The van der Waals surface area contributed by atoms with Gasteiger partial charge in [0.1, 0.15) is 17.5 Å². The zero-order chi connectivity index (χ0) is 13.4. The molecule has 0 radical (unpaired) electrons. The van der Waals surface area contributed by atoms with E-state index in [1.54, 1.807) is 17.7 Å². The van der Waals surface area contributed by atoms with Crippen molar-refractivity contribution in [2.45, 2.75) is 33.7 Å². The molecular formula is C13H17FN4. The highest BCUT2D eigenvalue weighted by atomic mass is 19.1. The van der Waals surface area contributed by atoms with Gasteiger partial charge in [0, 0.05) is 6.04 Å². The largest absolute Gasteiger partial charge is 0.324 e. The summed E-state index contributed by atoms with van der Waals surface area (Å²) in [6.07, 6.45) is 0. The van der Waals surface area contributed by atoms with E-state index >= 15 is 0 Å².